The number of carbonyl (C=O) groups excluding carboxylic acids is 1. The highest BCUT2D eigenvalue weighted by Gasteiger charge is 2.03. The summed E-state index contributed by atoms with van der Waals surface area (Å²) in [5.41, 5.74) is 2.70. The number of Topliss-reactive ketones (excluding diaryl/α,β-unsaturated/α-hetero) is 1. The Hall–Kier alpha value is -1.42. The average molecular weight is 297 g/mol. The van der Waals surface area contributed by atoms with E-state index in [9.17, 15) is 9.59 Å². The summed E-state index contributed by atoms with van der Waals surface area (Å²) in [5, 5.41) is 8.91. The number of benzene rings is 1. The van der Waals surface area contributed by atoms with Gasteiger partial charge in [0.1, 0.15) is 5.78 Å². The van der Waals surface area contributed by atoms with Crippen LogP contribution in [0.5, 0.6) is 0 Å². The Labute approximate surface area is 108 Å². The van der Waals surface area contributed by atoms with E-state index in [1.807, 2.05) is 25.1 Å². The van der Waals surface area contributed by atoms with Crippen LogP contribution in [-0.2, 0) is 16.0 Å². The molecule has 0 aliphatic rings. The molecule has 3 nitrogen and oxygen atoms in total. The van der Waals surface area contributed by atoms with E-state index >= 15 is 0 Å². The smallest absolute Gasteiger partial charge is 0.328 e. The lowest BCUT2D eigenvalue weighted by Crippen LogP contribution is -2.03. The number of ketones is 1. The van der Waals surface area contributed by atoms with Gasteiger partial charge < -0.3 is 5.11 Å². The normalized spacial score (nSPS) is 10.7. The second-order valence-corrected chi connectivity index (χ2v) is 4.27. The summed E-state index contributed by atoms with van der Waals surface area (Å²) in [6.07, 6.45) is 3.00. The number of carbonyl (C=O) groups is 2. The van der Waals surface area contributed by atoms with Crippen LogP contribution in [0.2, 0.25) is 0 Å². The maximum absolute atomic E-state index is 11.3. The molecule has 0 amide bonds. The van der Waals surface area contributed by atoms with Crippen molar-refractivity contribution >= 4 is 33.8 Å². The van der Waals surface area contributed by atoms with Gasteiger partial charge in [-0.3, -0.25) is 4.79 Å². The molecule has 0 aliphatic carbocycles. The highest BCUT2D eigenvalue weighted by Crippen LogP contribution is 2.14. The molecule has 0 saturated carbocycles. The molecule has 0 radical (unpaired) electrons. The van der Waals surface area contributed by atoms with Crippen molar-refractivity contribution in [3.63, 3.8) is 0 Å². The minimum absolute atomic E-state index is 0.0991. The lowest BCUT2D eigenvalue weighted by Gasteiger charge is -2.04. The van der Waals surface area contributed by atoms with Gasteiger partial charge in [0.05, 0.1) is 5.33 Å². The highest BCUT2D eigenvalue weighted by molar-refractivity contribution is 9.09. The van der Waals surface area contributed by atoms with Crippen LogP contribution in [0.1, 0.15) is 16.7 Å². The Balaban J connectivity index is 2.94. The van der Waals surface area contributed by atoms with Crippen LogP contribution >= 0.6 is 15.9 Å². The van der Waals surface area contributed by atoms with E-state index in [1.54, 1.807) is 6.08 Å². The number of aryl methyl sites for hydroxylation is 1. The van der Waals surface area contributed by atoms with E-state index in [0.717, 1.165) is 22.8 Å². The lowest BCUT2D eigenvalue weighted by atomic mass is 10.0. The molecule has 17 heavy (non-hydrogen) atoms. The number of hydrogen-bond donors (Lipinski definition) is 1. The summed E-state index contributed by atoms with van der Waals surface area (Å²) >= 11 is 3.11. The van der Waals surface area contributed by atoms with Gasteiger partial charge in [-0.15, -0.1) is 0 Å². The molecular formula is C13H13BrO3. The van der Waals surface area contributed by atoms with Crippen molar-refractivity contribution in [1.82, 2.24) is 0 Å². The largest absolute Gasteiger partial charge is 0.478 e. The topological polar surface area (TPSA) is 54.4 Å². The van der Waals surface area contributed by atoms with Crippen molar-refractivity contribution in [2.75, 3.05) is 5.33 Å². The average Bonchev–Trinajstić information content (AvgIpc) is 2.29. The molecule has 1 N–H and O–H groups in total. The molecule has 4 heteroatoms. The van der Waals surface area contributed by atoms with E-state index in [-0.39, 0.29) is 5.78 Å². The zero-order valence-corrected chi connectivity index (χ0v) is 11.0. The second-order valence-electron chi connectivity index (χ2n) is 3.71. The van der Waals surface area contributed by atoms with E-state index in [1.165, 1.54) is 0 Å². The molecular weight excluding hydrogens is 284 g/mol. The van der Waals surface area contributed by atoms with Crippen LogP contribution in [0.3, 0.4) is 0 Å². The molecule has 1 rings (SSSR count). The molecule has 0 unspecified atom stereocenters. The van der Waals surface area contributed by atoms with Gasteiger partial charge in [-0.25, -0.2) is 4.79 Å². The van der Waals surface area contributed by atoms with Gasteiger partial charge in [0.25, 0.3) is 0 Å². The number of carboxylic acid groups (broad SMARTS) is 1. The second kappa shape index (κ2) is 6.35. The summed E-state index contributed by atoms with van der Waals surface area (Å²) in [6, 6.07) is 5.61. The summed E-state index contributed by atoms with van der Waals surface area (Å²) in [7, 11) is 0. The number of alkyl halides is 1. The third-order valence-electron chi connectivity index (χ3n) is 2.30. The summed E-state index contributed by atoms with van der Waals surface area (Å²) in [6.45, 7) is 1.90. The quantitative estimate of drug-likeness (QED) is 0.671. The van der Waals surface area contributed by atoms with Gasteiger partial charge >= 0.3 is 5.97 Å². The van der Waals surface area contributed by atoms with Gasteiger partial charge in [0.15, 0.2) is 0 Å². The van der Waals surface area contributed by atoms with Crippen molar-refractivity contribution in [2.45, 2.75) is 13.3 Å². The van der Waals surface area contributed by atoms with E-state index in [2.05, 4.69) is 15.9 Å². The highest BCUT2D eigenvalue weighted by atomic mass is 79.9. The standard InChI is InChI=1S/C13H13BrO3/c1-9-2-3-10(7-12(15)8-14)6-11(9)4-5-13(16)17/h2-6H,7-8H2,1H3,(H,16,17)/b5-4+. The van der Waals surface area contributed by atoms with Crippen molar-refractivity contribution in [3.8, 4) is 0 Å². The van der Waals surface area contributed by atoms with Gasteiger partial charge in [0.2, 0.25) is 0 Å². The number of carboxylic acids is 1. The lowest BCUT2D eigenvalue weighted by molar-refractivity contribution is -0.131. The Morgan fingerprint density at radius 1 is 1.41 bits per heavy atom. The van der Waals surface area contributed by atoms with Crippen LogP contribution < -0.4 is 0 Å². The molecule has 0 atom stereocenters. The molecule has 0 heterocycles. The summed E-state index contributed by atoms with van der Waals surface area (Å²) < 4.78 is 0. The van der Waals surface area contributed by atoms with E-state index in [0.29, 0.717) is 11.8 Å². The number of hydrogen-bond acceptors (Lipinski definition) is 2. The summed E-state index contributed by atoms with van der Waals surface area (Å²) in [5.74, 6) is -0.881. The van der Waals surface area contributed by atoms with E-state index in [4.69, 9.17) is 5.11 Å². The monoisotopic (exact) mass is 296 g/mol. The van der Waals surface area contributed by atoms with Crippen molar-refractivity contribution in [1.29, 1.82) is 0 Å². The molecule has 0 saturated heterocycles. The van der Waals surface area contributed by atoms with Crippen LogP contribution in [0.15, 0.2) is 24.3 Å². The van der Waals surface area contributed by atoms with Crippen LogP contribution in [0.25, 0.3) is 6.08 Å². The number of halogens is 1. The molecule has 0 spiro atoms. The van der Waals surface area contributed by atoms with Gasteiger partial charge in [-0.2, -0.15) is 0 Å². The van der Waals surface area contributed by atoms with Crippen LogP contribution in [0.4, 0.5) is 0 Å². The Morgan fingerprint density at radius 2 is 2.12 bits per heavy atom. The Kier molecular flexibility index (Phi) is 5.10. The number of rotatable bonds is 5. The van der Waals surface area contributed by atoms with Gasteiger partial charge in [-0.05, 0) is 29.7 Å². The number of aliphatic carboxylic acids is 1. The molecule has 90 valence electrons. The molecule has 0 bridgehead atoms. The Morgan fingerprint density at radius 3 is 2.71 bits per heavy atom. The fraction of sp³-hybridized carbons (Fsp3) is 0.231. The fourth-order valence-electron chi connectivity index (χ4n) is 1.42. The van der Waals surface area contributed by atoms with Gasteiger partial charge in [-0.1, -0.05) is 34.1 Å². The molecule has 1 aromatic rings. The Bertz CT molecular complexity index is 464. The molecule has 0 aromatic heterocycles. The van der Waals surface area contributed by atoms with Crippen molar-refractivity contribution in [2.24, 2.45) is 0 Å². The zero-order chi connectivity index (χ0) is 12.8. The minimum atomic E-state index is -0.980. The third kappa shape index (κ3) is 4.53. The maximum atomic E-state index is 11.3. The van der Waals surface area contributed by atoms with Crippen LogP contribution in [0, 0.1) is 6.92 Å². The summed E-state index contributed by atoms with van der Waals surface area (Å²) in [4.78, 5) is 21.7. The zero-order valence-electron chi connectivity index (χ0n) is 9.44. The van der Waals surface area contributed by atoms with Crippen molar-refractivity contribution in [3.05, 3.63) is 41.0 Å². The predicted octanol–water partition coefficient (Wildman–Crippen LogP) is 2.60. The first kappa shape index (κ1) is 13.6. The molecule has 0 aliphatic heterocycles. The molecule has 0 fully saturated rings. The predicted molar refractivity (Wildman–Crippen MR) is 70.4 cm³/mol. The van der Waals surface area contributed by atoms with Crippen LogP contribution in [-0.4, -0.2) is 22.2 Å². The van der Waals surface area contributed by atoms with Crippen molar-refractivity contribution < 1.29 is 14.7 Å². The molecule has 1 aromatic carbocycles. The first-order valence-corrected chi connectivity index (χ1v) is 6.23. The van der Waals surface area contributed by atoms with Gasteiger partial charge in [0, 0.05) is 12.5 Å². The maximum Gasteiger partial charge on any atom is 0.328 e. The first-order valence-electron chi connectivity index (χ1n) is 5.11. The fourth-order valence-corrected chi connectivity index (χ4v) is 1.61. The van der Waals surface area contributed by atoms with E-state index < -0.39 is 5.97 Å². The SMILES string of the molecule is Cc1ccc(CC(=O)CBr)cc1/C=C/C(=O)O. The third-order valence-corrected chi connectivity index (χ3v) is 2.92. The minimum Gasteiger partial charge on any atom is -0.478 e. The first-order chi connectivity index (χ1) is 8.02.